The highest BCUT2D eigenvalue weighted by Crippen LogP contribution is 2.13. The van der Waals surface area contributed by atoms with E-state index in [9.17, 15) is 0 Å². The van der Waals surface area contributed by atoms with Crippen LogP contribution in [0.4, 0.5) is 0 Å². The van der Waals surface area contributed by atoms with E-state index < -0.39 is 0 Å². The van der Waals surface area contributed by atoms with E-state index in [2.05, 4.69) is 0 Å². The molecule has 0 aromatic carbocycles. The standard InChI is InChI=1S/C4H9B.C3H9N/c1-4(2,3)5;1-4(2)3/h1-3H3;1-3H3. The zero-order valence-electron chi connectivity index (χ0n) is 7.52. The molecule has 0 spiro atoms. The Kier molecular flexibility index (Phi) is 6.36. The highest BCUT2D eigenvalue weighted by Gasteiger charge is 1.95. The molecular weight excluding hydrogens is 109 g/mol. The second-order valence-corrected chi connectivity index (χ2v) is 3.71. The summed E-state index contributed by atoms with van der Waals surface area (Å²) in [5.41, 5.74) is 0. The van der Waals surface area contributed by atoms with Crippen molar-refractivity contribution in [3.63, 3.8) is 0 Å². The molecule has 1 nitrogen and oxygen atoms in total. The Bertz CT molecular complexity index is 45.7. The first-order valence-corrected chi connectivity index (χ1v) is 3.13. The van der Waals surface area contributed by atoms with Gasteiger partial charge in [0.2, 0.25) is 0 Å². The summed E-state index contributed by atoms with van der Waals surface area (Å²) in [5.74, 6) is 0. The fraction of sp³-hybridized carbons (Fsp3) is 1.00. The van der Waals surface area contributed by atoms with Crippen LogP contribution >= 0.6 is 0 Å². The van der Waals surface area contributed by atoms with Crippen LogP contribution in [-0.4, -0.2) is 33.9 Å². The van der Waals surface area contributed by atoms with Gasteiger partial charge in [-0.3, -0.25) is 0 Å². The largest absolute Gasteiger partial charge is 0.312 e. The zero-order valence-corrected chi connectivity index (χ0v) is 7.52. The van der Waals surface area contributed by atoms with Crippen molar-refractivity contribution in [2.75, 3.05) is 21.1 Å². The van der Waals surface area contributed by atoms with E-state index in [1.54, 1.807) is 0 Å². The Balaban J connectivity index is 0. The first-order chi connectivity index (χ1) is 3.73. The van der Waals surface area contributed by atoms with Crippen molar-refractivity contribution in [1.29, 1.82) is 0 Å². The third-order valence-corrected chi connectivity index (χ3v) is 0. The summed E-state index contributed by atoms with van der Waals surface area (Å²) in [6, 6.07) is 0. The van der Waals surface area contributed by atoms with E-state index in [0.29, 0.717) is 0 Å². The SMILES string of the molecule is CN(C)C.[B]C(C)(C)C. The molecule has 2 heteroatoms. The number of nitrogens with zero attached hydrogens (tertiary/aromatic N) is 1. The Labute approximate surface area is 60.8 Å². The van der Waals surface area contributed by atoms with Crippen molar-refractivity contribution >= 4 is 7.85 Å². The van der Waals surface area contributed by atoms with E-state index in [1.807, 2.05) is 46.8 Å². The summed E-state index contributed by atoms with van der Waals surface area (Å²) in [4.78, 5) is 2.00. The summed E-state index contributed by atoms with van der Waals surface area (Å²) < 4.78 is 0. The van der Waals surface area contributed by atoms with E-state index >= 15 is 0 Å². The Morgan fingerprint density at radius 3 is 1.00 bits per heavy atom. The average molecular weight is 127 g/mol. The third kappa shape index (κ3) is 469000. The van der Waals surface area contributed by atoms with Crippen LogP contribution < -0.4 is 0 Å². The predicted molar refractivity (Wildman–Crippen MR) is 45.1 cm³/mol. The van der Waals surface area contributed by atoms with Gasteiger partial charge in [-0.15, -0.1) is 0 Å². The van der Waals surface area contributed by atoms with Gasteiger partial charge in [0.15, 0.2) is 0 Å². The van der Waals surface area contributed by atoms with Crippen LogP contribution in [-0.2, 0) is 0 Å². The quantitative estimate of drug-likeness (QED) is 0.446. The third-order valence-electron chi connectivity index (χ3n) is 0. The molecule has 0 aliphatic heterocycles. The molecule has 0 aromatic rings. The van der Waals surface area contributed by atoms with Gasteiger partial charge in [-0.2, -0.15) is 0 Å². The monoisotopic (exact) mass is 127 g/mol. The Morgan fingerprint density at radius 2 is 1.00 bits per heavy atom. The van der Waals surface area contributed by atoms with Gasteiger partial charge in [-0.1, -0.05) is 26.1 Å². The maximum absolute atomic E-state index is 5.35. The minimum atomic E-state index is 0. The molecule has 54 valence electrons. The van der Waals surface area contributed by atoms with Crippen LogP contribution in [0.15, 0.2) is 0 Å². The molecule has 0 N–H and O–H groups in total. The molecule has 2 radical (unpaired) electrons. The maximum atomic E-state index is 5.35. The Morgan fingerprint density at radius 1 is 1.00 bits per heavy atom. The molecule has 0 saturated heterocycles. The second kappa shape index (κ2) is 4.86. The topological polar surface area (TPSA) is 3.24 Å². The highest BCUT2D eigenvalue weighted by atomic mass is 15.0. The van der Waals surface area contributed by atoms with Crippen molar-refractivity contribution in [3.8, 4) is 0 Å². The van der Waals surface area contributed by atoms with Crippen molar-refractivity contribution < 1.29 is 0 Å². The molecule has 0 rings (SSSR count). The lowest BCUT2D eigenvalue weighted by molar-refractivity contribution is 0.505. The van der Waals surface area contributed by atoms with Gasteiger partial charge in [-0.25, -0.2) is 0 Å². The van der Waals surface area contributed by atoms with Gasteiger partial charge in [-0.05, 0) is 21.1 Å². The van der Waals surface area contributed by atoms with E-state index in [4.69, 9.17) is 7.85 Å². The smallest absolute Gasteiger partial charge is 0.0735 e. The van der Waals surface area contributed by atoms with Crippen LogP contribution in [0.5, 0.6) is 0 Å². The molecule has 0 aliphatic carbocycles. The lowest BCUT2D eigenvalue weighted by Gasteiger charge is -2.05. The number of hydrogen-bond acceptors (Lipinski definition) is 1. The zero-order chi connectivity index (χ0) is 8.08. The van der Waals surface area contributed by atoms with Gasteiger partial charge in [0.1, 0.15) is 0 Å². The van der Waals surface area contributed by atoms with Gasteiger partial charge < -0.3 is 4.90 Å². The van der Waals surface area contributed by atoms with Gasteiger partial charge in [0, 0.05) is 0 Å². The molecule has 0 atom stereocenters. The average Bonchev–Trinajstić information content (AvgIpc) is 1.19. The predicted octanol–water partition coefficient (Wildman–Crippen LogP) is 1.55. The first kappa shape index (κ1) is 11.8. The van der Waals surface area contributed by atoms with Crippen molar-refractivity contribution in [2.45, 2.75) is 26.1 Å². The fourth-order valence-corrected chi connectivity index (χ4v) is 0. The molecular formula is C7H18BN. The molecule has 0 aromatic heterocycles. The summed E-state index contributed by atoms with van der Waals surface area (Å²) in [5, 5.41) is 0. The van der Waals surface area contributed by atoms with Crippen molar-refractivity contribution in [1.82, 2.24) is 4.90 Å². The van der Waals surface area contributed by atoms with Crippen LogP contribution in [0.1, 0.15) is 20.8 Å². The van der Waals surface area contributed by atoms with E-state index in [1.165, 1.54) is 0 Å². The molecule has 0 fully saturated rings. The maximum Gasteiger partial charge on any atom is 0.0735 e. The number of rotatable bonds is 0. The van der Waals surface area contributed by atoms with Crippen LogP contribution in [0.25, 0.3) is 0 Å². The summed E-state index contributed by atoms with van der Waals surface area (Å²) in [6.07, 6.45) is 0. The summed E-state index contributed by atoms with van der Waals surface area (Å²) in [6.45, 7) is 5.90. The highest BCUT2D eigenvalue weighted by molar-refractivity contribution is 6.14. The fourth-order valence-electron chi connectivity index (χ4n) is 0. The lowest BCUT2D eigenvalue weighted by Crippen LogP contribution is -1.99. The minimum Gasteiger partial charge on any atom is -0.312 e. The molecule has 0 aliphatic rings. The molecule has 0 heterocycles. The van der Waals surface area contributed by atoms with Gasteiger partial charge in [0.05, 0.1) is 7.85 Å². The lowest BCUT2D eigenvalue weighted by atomic mass is 9.75. The molecule has 0 unspecified atom stereocenters. The van der Waals surface area contributed by atoms with Gasteiger partial charge in [0.25, 0.3) is 0 Å². The summed E-state index contributed by atoms with van der Waals surface area (Å²) in [7, 11) is 11.4. The first-order valence-electron chi connectivity index (χ1n) is 3.13. The summed E-state index contributed by atoms with van der Waals surface area (Å²) >= 11 is 0. The molecule has 0 amide bonds. The van der Waals surface area contributed by atoms with Crippen LogP contribution in [0, 0.1) is 0 Å². The van der Waals surface area contributed by atoms with Crippen molar-refractivity contribution in [2.24, 2.45) is 0 Å². The molecule has 0 bridgehead atoms. The Hall–Kier alpha value is 0.0249. The normalized spacial score (nSPS) is 10.6. The van der Waals surface area contributed by atoms with Gasteiger partial charge >= 0.3 is 0 Å². The minimum absolute atomic E-state index is 0. The van der Waals surface area contributed by atoms with E-state index in [0.717, 1.165) is 0 Å². The number of hydrogen-bond donors (Lipinski definition) is 0. The van der Waals surface area contributed by atoms with Crippen LogP contribution in [0.3, 0.4) is 0 Å². The molecule has 9 heavy (non-hydrogen) atoms. The van der Waals surface area contributed by atoms with Crippen LogP contribution in [0.2, 0.25) is 5.31 Å². The van der Waals surface area contributed by atoms with Crippen molar-refractivity contribution in [3.05, 3.63) is 0 Å². The molecule has 0 saturated carbocycles. The van der Waals surface area contributed by atoms with E-state index in [-0.39, 0.29) is 5.31 Å². The second-order valence-electron chi connectivity index (χ2n) is 3.71.